The third-order valence-corrected chi connectivity index (χ3v) is 11.4. The van der Waals surface area contributed by atoms with Gasteiger partial charge in [-0.15, -0.1) is 0 Å². The second-order valence-electron chi connectivity index (χ2n) is 14.7. The average molecular weight is 732 g/mol. The van der Waals surface area contributed by atoms with Gasteiger partial charge >= 0.3 is 0 Å². The van der Waals surface area contributed by atoms with Gasteiger partial charge in [-0.3, -0.25) is 4.99 Å². The predicted octanol–water partition coefficient (Wildman–Crippen LogP) is 13.4. The van der Waals surface area contributed by atoms with E-state index in [1.54, 1.807) is 0 Å². The van der Waals surface area contributed by atoms with Gasteiger partial charge in [0.15, 0.2) is 0 Å². The van der Waals surface area contributed by atoms with Crippen LogP contribution in [-0.2, 0) is 0 Å². The number of hydrogen-bond donors (Lipinski definition) is 1. The summed E-state index contributed by atoms with van der Waals surface area (Å²) >= 11 is 0. The van der Waals surface area contributed by atoms with E-state index in [-0.39, 0.29) is 6.17 Å². The molecule has 3 aromatic heterocycles. The number of furan rings is 2. The summed E-state index contributed by atoms with van der Waals surface area (Å²) in [5, 5.41) is 10.3. The monoisotopic (exact) mass is 731 g/mol. The van der Waals surface area contributed by atoms with Gasteiger partial charge < -0.3 is 18.7 Å². The van der Waals surface area contributed by atoms with Crippen LogP contribution in [0.5, 0.6) is 0 Å². The molecule has 0 saturated carbocycles. The first kappa shape index (κ1) is 31.7. The summed E-state index contributed by atoms with van der Waals surface area (Å²) in [4.78, 5) is 5.29. The van der Waals surface area contributed by atoms with Crippen LogP contribution in [0.1, 0.15) is 22.9 Å². The van der Waals surface area contributed by atoms with Crippen molar-refractivity contribution in [2.45, 2.75) is 6.17 Å². The van der Waals surface area contributed by atoms with Crippen molar-refractivity contribution < 1.29 is 8.83 Å². The van der Waals surface area contributed by atoms with Crippen LogP contribution in [0.3, 0.4) is 0 Å². The van der Waals surface area contributed by atoms with Gasteiger partial charge in [0.2, 0.25) is 0 Å². The van der Waals surface area contributed by atoms with Gasteiger partial charge in [0.1, 0.15) is 28.5 Å². The summed E-state index contributed by atoms with van der Waals surface area (Å²) in [6.07, 6.45) is 1.90. The average Bonchev–Trinajstić information content (AvgIpc) is 3.96. The Bertz CT molecular complexity index is 3420. The topological polar surface area (TPSA) is 55.6 Å². The third-order valence-electron chi connectivity index (χ3n) is 11.4. The van der Waals surface area contributed by atoms with Gasteiger partial charge in [0.05, 0.1) is 22.1 Å². The third kappa shape index (κ3) is 4.92. The van der Waals surface area contributed by atoms with Gasteiger partial charge in [0, 0.05) is 49.4 Å². The molecular weight excluding hydrogens is 699 g/mol. The molecular formula is C52H33N3O2. The Hall–Kier alpha value is -7.63. The first-order valence-corrected chi connectivity index (χ1v) is 19.3. The number of para-hydroxylation sites is 4. The highest BCUT2D eigenvalue weighted by molar-refractivity contribution is 6.25. The first-order chi connectivity index (χ1) is 28.3. The zero-order valence-electron chi connectivity index (χ0n) is 30.7. The minimum Gasteiger partial charge on any atom is -0.455 e. The lowest BCUT2D eigenvalue weighted by Gasteiger charge is -2.25. The number of hydrogen-bond acceptors (Lipinski definition) is 4. The fourth-order valence-corrected chi connectivity index (χ4v) is 8.81. The van der Waals surface area contributed by atoms with Crippen LogP contribution >= 0.6 is 0 Å². The molecule has 5 heteroatoms. The first-order valence-electron chi connectivity index (χ1n) is 19.3. The normalized spacial score (nSPS) is 14.5. The van der Waals surface area contributed by atoms with Gasteiger partial charge in [-0.05, 0) is 65.2 Å². The predicted molar refractivity (Wildman–Crippen MR) is 234 cm³/mol. The molecule has 5 nitrogen and oxygen atoms in total. The number of fused-ring (bicyclic) bond motifs is 10. The van der Waals surface area contributed by atoms with Gasteiger partial charge in [-0.1, -0.05) is 140 Å². The van der Waals surface area contributed by atoms with E-state index >= 15 is 0 Å². The van der Waals surface area contributed by atoms with E-state index in [9.17, 15) is 0 Å². The van der Waals surface area contributed by atoms with Crippen molar-refractivity contribution in [3.63, 3.8) is 0 Å². The van der Waals surface area contributed by atoms with Crippen LogP contribution in [-0.4, -0.2) is 10.3 Å². The van der Waals surface area contributed by atoms with Gasteiger partial charge in [-0.25, -0.2) is 0 Å². The summed E-state index contributed by atoms with van der Waals surface area (Å²) in [6, 6.07) is 63.8. The Morgan fingerprint density at radius 1 is 0.474 bits per heavy atom. The van der Waals surface area contributed by atoms with Crippen molar-refractivity contribution in [3.8, 4) is 16.8 Å². The summed E-state index contributed by atoms with van der Waals surface area (Å²) in [7, 11) is 0. The van der Waals surface area contributed by atoms with Crippen molar-refractivity contribution in [1.82, 2.24) is 9.88 Å². The lowest BCUT2D eigenvalue weighted by Crippen LogP contribution is -2.24. The zero-order chi connectivity index (χ0) is 37.5. The molecule has 0 aliphatic carbocycles. The highest BCUT2D eigenvalue weighted by atomic mass is 16.3. The molecule has 0 saturated heterocycles. The SMILES string of the molecule is C1=C(c2ccccc2)NC(c2ccccc2)N=C1c1cccc2c1oc1c(-c3ccc4c5c6oc7ccccc7c6ccc5n(-c5ccccc5)c4c3)cccc12. The van der Waals surface area contributed by atoms with Crippen LogP contribution in [0.15, 0.2) is 202 Å². The number of allylic oxidation sites excluding steroid dienone is 1. The number of nitrogens with one attached hydrogen (secondary N) is 1. The lowest BCUT2D eigenvalue weighted by molar-refractivity contribution is 0.660. The quantitative estimate of drug-likeness (QED) is 0.192. The molecule has 1 aliphatic heterocycles. The minimum atomic E-state index is -0.250. The molecule has 8 aromatic carbocycles. The van der Waals surface area contributed by atoms with Crippen molar-refractivity contribution in [2.75, 3.05) is 0 Å². The van der Waals surface area contributed by atoms with E-state index in [0.29, 0.717) is 0 Å². The standard InChI is InChI=1S/C52H33N3O2/c1-4-14-32(15-5-1)43-31-44(54-52(53-43)33-16-6-2-7-17-33)41-24-13-23-39-38-22-12-21-36(49(38)57-50(39)41)34-26-27-42-46(30-34)55(35-18-8-3-9-19-35)45-29-28-40-37-20-10-11-25-47(37)56-51(40)48(42)45/h1-31,52-53H. The molecule has 0 amide bonds. The van der Waals surface area contributed by atoms with Crippen LogP contribution in [0.25, 0.3) is 88.2 Å². The van der Waals surface area contributed by atoms with Crippen LogP contribution in [0.2, 0.25) is 0 Å². The highest BCUT2D eigenvalue weighted by Crippen LogP contribution is 2.43. The molecule has 1 atom stereocenters. The largest absolute Gasteiger partial charge is 0.455 e. The molecule has 0 spiro atoms. The minimum absolute atomic E-state index is 0.250. The fourth-order valence-electron chi connectivity index (χ4n) is 8.81. The van der Waals surface area contributed by atoms with Crippen molar-refractivity contribution in [3.05, 3.63) is 205 Å². The summed E-state index contributed by atoms with van der Waals surface area (Å²) < 4.78 is 16.0. The van der Waals surface area contributed by atoms with E-state index in [2.05, 4.69) is 174 Å². The summed E-state index contributed by atoms with van der Waals surface area (Å²) in [6.45, 7) is 0. The van der Waals surface area contributed by atoms with Crippen molar-refractivity contribution in [2.24, 2.45) is 4.99 Å². The molecule has 11 aromatic rings. The Morgan fingerprint density at radius 3 is 1.93 bits per heavy atom. The van der Waals surface area contributed by atoms with Crippen LogP contribution < -0.4 is 5.32 Å². The highest BCUT2D eigenvalue weighted by Gasteiger charge is 2.24. The van der Waals surface area contributed by atoms with E-state index in [1.807, 2.05) is 24.3 Å². The molecule has 1 unspecified atom stereocenters. The van der Waals surface area contributed by atoms with Crippen molar-refractivity contribution in [1.29, 1.82) is 0 Å². The Labute approximate surface area is 327 Å². The van der Waals surface area contributed by atoms with Crippen LogP contribution in [0.4, 0.5) is 0 Å². The molecule has 1 aliphatic rings. The van der Waals surface area contributed by atoms with Crippen LogP contribution in [0, 0.1) is 0 Å². The maximum atomic E-state index is 7.03. The van der Waals surface area contributed by atoms with Crippen molar-refractivity contribution >= 4 is 77.1 Å². The second kappa shape index (κ2) is 12.4. The molecule has 0 fully saturated rings. The second-order valence-corrected chi connectivity index (χ2v) is 14.7. The maximum Gasteiger partial charge on any atom is 0.145 e. The molecule has 0 bridgehead atoms. The summed E-state index contributed by atoms with van der Waals surface area (Å²) in [5.74, 6) is 0. The molecule has 0 radical (unpaired) electrons. The van der Waals surface area contributed by atoms with Gasteiger partial charge in [0.25, 0.3) is 0 Å². The Kier molecular flexibility index (Phi) is 6.92. The molecule has 57 heavy (non-hydrogen) atoms. The van der Waals surface area contributed by atoms with Gasteiger partial charge in [-0.2, -0.15) is 0 Å². The molecule has 4 heterocycles. The fraction of sp³-hybridized carbons (Fsp3) is 0.0192. The molecule has 12 rings (SSSR count). The lowest BCUT2D eigenvalue weighted by atomic mass is 9.99. The Balaban J connectivity index is 1.06. The smallest absolute Gasteiger partial charge is 0.145 e. The summed E-state index contributed by atoms with van der Waals surface area (Å²) in [5.41, 5.74) is 13.9. The Morgan fingerprint density at radius 2 is 1.12 bits per heavy atom. The number of aromatic nitrogens is 1. The number of nitrogens with zero attached hydrogens (tertiary/aromatic N) is 2. The van der Waals surface area contributed by atoms with E-state index < -0.39 is 0 Å². The zero-order valence-corrected chi connectivity index (χ0v) is 30.7. The number of benzene rings is 8. The molecule has 1 N–H and O–H groups in total. The maximum absolute atomic E-state index is 7.03. The van der Waals surface area contributed by atoms with E-state index in [1.165, 1.54) is 0 Å². The number of rotatable bonds is 5. The van der Waals surface area contributed by atoms with E-state index in [4.69, 9.17) is 13.8 Å². The van der Waals surface area contributed by atoms with E-state index in [0.717, 1.165) is 111 Å². The molecule has 268 valence electrons. The number of aliphatic imine (C=N–C) groups is 1.